The molecule has 9 heteroatoms. The molecule has 5 nitrogen and oxygen atoms in total. The molecule has 2 aliphatic heterocycles. The van der Waals surface area contributed by atoms with Crippen LogP contribution in [0.25, 0.3) is 11.7 Å². The summed E-state index contributed by atoms with van der Waals surface area (Å²) in [5, 5.41) is 4.18. The number of aromatic nitrogens is 2. The van der Waals surface area contributed by atoms with Crippen molar-refractivity contribution < 1.29 is 9.18 Å². The van der Waals surface area contributed by atoms with Gasteiger partial charge >= 0.3 is 0 Å². The quantitative estimate of drug-likeness (QED) is 0.461. The lowest BCUT2D eigenvalue weighted by Gasteiger charge is -2.32. The number of nitrogens with zero attached hydrogens (tertiary/aromatic N) is 3. The van der Waals surface area contributed by atoms with E-state index in [1.54, 1.807) is 0 Å². The Kier molecular flexibility index (Phi) is 9.42. The number of halogens is 3. The zero-order valence-electron chi connectivity index (χ0n) is 18.8. The number of carbonyl (C=O) groups excluding carboxylic acids is 1. The van der Waals surface area contributed by atoms with E-state index in [1.807, 2.05) is 42.6 Å². The number of nitrogens with one attached hydrogen (secondary N) is 1. The summed E-state index contributed by atoms with van der Waals surface area (Å²) in [6.45, 7) is 3.94. The molecule has 0 unspecified atom stereocenters. The maximum Gasteiger partial charge on any atom is 0.258 e. The number of rotatable bonds is 7. The minimum atomic E-state index is -0.176. The van der Waals surface area contributed by atoms with Crippen molar-refractivity contribution in [2.75, 3.05) is 26.2 Å². The van der Waals surface area contributed by atoms with Gasteiger partial charge in [-0.2, -0.15) is 0 Å². The maximum atomic E-state index is 13.0. The molecule has 5 rings (SSSR count). The summed E-state index contributed by atoms with van der Waals surface area (Å²) in [6.07, 6.45) is 8.02. The molecule has 4 heterocycles. The van der Waals surface area contributed by atoms with Gasteiger partial charge in [0.15, 0.2) is 0 Å². The average Bonchev–Trinajstić information content (AvgIpc) is 3.24. The molecule has 0 atom stereocenters. The second kappa shape index (κ2) is 12.1. The lowest BCUT2D eigenvalue weighted by Crippen LogP contribution is -2.39. The normalized spacial score (nSPS) is 15.9. The molecule has 1 N–H and O–H groups in total. The van der Waals surface area contributed by atoms with Gasteiger partial charge in [-0.1, -0.05) is 30.0 Å². The van der Waals surface area contributed by atoms with Crippen molar-refractivity contribution >= 4 is 54.2 Å². The molecule has 0 bridgehead atoms. The second-order valence-electron chi connectivity index (χ2n) is 8.58. The monoisotopic (exact) mass is 522 g/mol. The fraction of sp³-hybridized carbons (Fsp3) is 0.360. The van der Waals surface area contributed by atoms with E-state index in [-0.39, 0.29) is 36.5 Å². The Morgan fingerprint density at radius 3 is 2.65 bits per heavy atom. The Morgan fingerprint density at radius 2 is 1.88 bits per heavy atom. The number of aryl methyl sites for hydroxylation is 1. The first-order valence-corrected chi connectivity index (χ1v) is 12.1. The van der Waals surface area contributed by atoms with Gasteiger partial charge in [-0.3, -0.25) is 9.20 Å². The minimum absolute atomic E-state index is 0. The molecule has 182 valence electrons. The first kappa shape index (κ1) is 26.5. The van der Waals surface area contributed by atoms with Crippen molar-refractivity contribution in [1.82, 2.24) is 19.6 Å². The summed E-state index contributed by atoms with van der Waals surface area (Å²) >= 11 is 1.50. The summed E-state index contributed by atoms with van der Waals surface area (Å²) in [7, 11) is 0. The van der Waals surface area contributed by atoms with Crippen LogP contribution in [0.4, 0.5) is 4.39 Å². The third-order valence-corrected chi connectivity index (χ3v) is 7.40. The maximum absolute atomic E-state index is 13.0. The molecule has 1 amide bonds. The van der Waals surface area contributed by atoms with Crippen LogP contribution in [0, 0.1) is 11.7 Å². The van der Waals surface area contributed by atoms with Crippen molar-refractivity contribution in [1.29, 1.82) is 0 Å². The average molecular weight is 524 g/mol. The Morgan fingerprint density at radius 1 is 1.12 bits per heavy atom. The van der Waals surface area contributed by atoms with E-state index in [2.05, 4.69) is 19.6 Å². The molecular formula is C25H29Cl2FN4OS. The van der Waals surface area contributed by atoms with Crippen molar-refractivity contribution in [2.45, 2.75) is 30.7 Å². The zero-order valence-corrected chi connectivity index (χ0v) is 21.2. The van der Waals surface area contributed by atoms with Crippen LogP contribution in [-0.2, 0) is 11.2 Å². The number of carbonyl (C=O) groups is 1. The van der Waals surface area contributed by atoms with Crippen molar-refractivity contribution in [3.63, 3.8) is 0 Å². The topological polar surface area (TPSA) is 49.6 Å². The molecule has 2 aliphatic rings. The van der Waals surface area contributed by atoms with Crippen LogP contribution in [0.15, 0.2) is 58.6 Å². The van der Waals surface area contributed by atoms with Crippen LogP contribution in [0.1, 0.15) is 30.5 Å². The van der Waals surface area contributed by atoms with E-state index in [9.17, 15) is 9.18 Å². The number of benzene rings is 1. The highest BCUT2D eigenvalue weighted by molar-refractivity contribution is 8.04. The Balaban J connectivity index is 0.00000162. The summed E-state index contributed by atoms with van der Waals surface area (Å²) in [6, 6.07) is 12.8. The molecule has 0 saturated carbocycles. The van der Waals surface area contributed by atoms with E-state index < -0.39 is 0 Å². The fourth-order valence-electron chi connectivity index (χ4n) is 4.49. The van der Waals surface area contributed by atoms with Crippen LogP contribution >= 0.6 is 36.6 Å². The Hall–Kier alpha value is -2.06. The Labute approximate surface area is 216 Å². The molecule has 0 radical (unpaired) electrons. The summed E-state index contributed by atoms with van der Waals surface area (Å²) in [5.74, 6) is 0.349. The number of imidazole rings is 1. The standard InChI is InChI=1S/C25H27FN4OS.2ClH/c26-20-8-6-18(7-9-20)3-2-12-29-13-10-19(11-14-29)16-28-25(31)22-15-21-17-27-23-4-1-5-24(32-22)30(21)23;;/h1,4-9,15,17,19H,2-3,10-14,16H2,(H,28,31);2*1H. The SMILES string of the molecule is Cl.Cl.O=C(NCC1CCN(CCCc2ccc(F)cc2)CC1)C1=Cc2cnc3cccc(n23)S1. The van der Waals surface area contributed by atoms with Gasteiger partial charge < -0.3 is 10.2 Å². The largest absolute Gasteiger partial charge is 0.351 e. The van der Waals surface area contributed by atoms with Gasteiger partial charge in [-0.05, 0) is 87.1 Å². The van der Waals surface area contributed by atoms with Crippen molar-refractivity contribution in [3.05, 3.63) is 70.6 Å². The van der Waals surface area contributed by atoms with Gasteiger partial charge in [-0.25, -0.2) is 9.37 Å². The number of thioether (sulfide) groups is 1. The van der Waals surface area contributed by atoms with Crippen molar-refractivity contribution in [3.8, 4) is 0 Å². The second-order valence-corrected chi connectivity index (χ2v) is 9.64. The molecule has 1 fully saturated rings. The first-order chi connectivity index (χ1) is 15.7. The number of amides is 1. The van der Waals surface area contributed by atoms with E-state index in [0.29, 0.717) is 5.92 Å². The van der Waals surface area contributed by atoms with Gasteiger partial charge in [0, 0.05) is 6.54 Å². The van der Waals surface area contributed by atoms with Crippen LogP contribution < -0.4 is 5.32 Å². The van der Waals surface area contributed by atoms with Crippen molar-refractivity contribution in [2.24, 2.45) is 5.92 Å². The number of likely N-dealkylation sites (tertiary alicyclic amines) is 1. The molecule has 1 aromatic carbocycles. The lowest BCUT2D eigenvalue weighted by atomic mass is 9.96. The van der Waals surface area contributed by atoms with Gasteiger partial charge in [0.1, 0.15) is 11.5 Å². The Bertz CT molecular complexity index is 1140. The van der Waals surface area contributed by atoms with Gasteiger partial charge in [0.25, 0.3) is 5.91 Å². The third-order valence-electron chi connectivity index (χ3n) is 6.35. The molecule has 0 aliphatic carbocycles. The van der Waals surface area contributed by atoms with Gasteiger partial charge in [-0.15, -0.1) is 24.8 Å². The van der Waals surface area contributed by atoms with Crippen LogP contribution in [0.2, 0.25) is 0 Å². The fourth-order valence-corrected chi connectivity index (χ4v) is 5.50. The number of hydrogen-bond acceptors (Lipinski definition) is 4. The van der Waals surface area contributed by atoms with Crippen LogP contribution in [0.5, 0.6) is 0 Å². The smallest absolute Gasteiger partial charge is 0.258 e. The molecular weight excluding hydrogens is 494 g/mol. The number of hydrogen-bond donors (Lipinski definition) is 1. The predicted octanol–water partition coefficient (Wildman–Crippen LogP) is 5.22. The zero-order chi connectivity index (χ0) is 21.9. The lowest BCUT2D eigenvalue weighted by molar-refractivity contribution is -0.117. The summed E-state index contributed by atoms with van der Waals surface area (Å²) in [4.78, 5) is 20.4. The summed E-state index contributed by atoms with van der Waals surface area (Å²) in [5.41, 5.74) is 3.05. The van der Waals surface area contributed by atoms with Gasteiger partial charge in [0.2, 0.25) is 0 Å². The number of pyridine rings is 1. The van der Waals surface area contributed by atoms with E-state index in [4.69, 9.17) is 0 Å². The van der Waals surface area contributed by atoms with E-state index >= 15 is 0 Å². The molecule has 0 spiro atoms. The highest BCUT2D eigenvalue weighted by Gasteiger charge is 2.23. The third kappa shape index (κ3) is 6.13. The summed E-state index contributed by atoms with van der Waals surface area (Å²) < 4.78 is 15.1. The van der Waals surface area contributed by atoms with E-state index in [1.165, 1.54) is 29.5 Å². The first-order valence-electron chi connectivity index (χ1n) is 11.3. The molecule has 2 aromatic heterocycles. The minimum Gasteiger partial charge on any atom is -0.351 e. The molecule has 3 aromatic rings. The van der Waals surface area contributed by atoms with Crippen LogP contribution in [0.3, 0.4) is 0 Å². The van der Waals surface area contributed by atoms with Gasteiger partial charge in [0.05, 0.1) is 21.8 Å². The van der Waals surface area contributed by atoms with Crippen LogP contribution in [-0.4, -0.2) is 46.4 Å². The highest BCUT2D eigenvalue weighted by atomic mass is 35.5. The predicted molar refractivity (Wildman–Crippen MR) is 140 cm³/mol. The molecule has 1 saturated heterocycles. The highest BCUT2D eigenvalue weighted by Crippen LogP contribution is 2.34. The van der Waals surface area contributed by atoms with E-state index in [0.717, 1.165) is 73.1 Å². The number of piperidine rings is 1. The molecule has 34 heavy (non-hydrogen) atoms.